The van der Waals surface area contributed by atoms with Crippen molar-refractivity contribution >= 4 is 17.5 Å². The first-order chi connectivity index (χ1) is 10.1. The van der Waals surface area contributed by atoms with Crippen LogP contribution in [-0.2, 0) is 0 Å². The summed E-state index contributed by atoms with van der Waals surface area (Å²) in [5.74, 6) is -0.589. The van der Waals surface area contributed by atoms with Gasteiger partial charge in [-0.05, 0) is 36.8 Å². The molecule has 3 rings (SSSR count). The van der Waals surface area contributed by atoms with Gasteiger partial charge in [-0.2, -0.15) is 0 Å². The van der Waals surface area contributed by atoms with Gasteiger partial charge in [-0.25, -0.2) is 9.18 Å². The number of halogens is 1. The van der Waals surface area contributed by atoms with Gasteiger partial charge in [0.15, 0.2) is 11.6 Å². The summed E-state index contributed by atoms with van der Waals surface area (Å²) >= 11 is 0. The van der Waals surface area contributed by atoms with Gasteiger partial charge >= 0.3 is 6.09 Å². The van der Waals surface area contributed by atoms with E-state index >= 15 is 0 Å². The Labute approximate surface area is 122 Å². The van der Waals surface area contributed by atoms with Crippen LogP contribution >= 0.6 is 0 Å². The molecule has 2 aromatic rings. The first kappa shape index (κ1) is 13.4. The predicted molar refractivity (Wildman–Crippen MR) is 79.4 cm³/mol. The second-order valence-electron chi connectivity index (χ2n) is 4.90. The number of fused-ring (bicyclic) bond motifs is 1. The molecule has 2 aromatic carbocycles. The number of hydrogen-bond donors (Lipinski definition) is 1. The monoisotopic (exact) mass is 286 g/mol. The number of nitrogens with one attached hydrogen (secondary N) is 1. The maximum atomic E-state index is 13.7. The number of ether oxygens (including phenoxy) is 1. The summed E-state index contributed by atoms with van der Waals surface area (Å²) in [5, 5.41) is 3.21. The number of carbonyl (C=O) groups is 1. The molecular weight excluding hydrogens is 271 g/mol. The smallest absolute Gasteiger partial charge is 0.407 e. The van der Waals surface area contributed by atoms with Gasteiger partial charge in [0.05, 0.1) is 11.4 Å². The molecule has 1 aliphatic rings. The van der Waals surface area contributed by atoms with Crippen LogP contribution in [0.5, 0.6) is 5.75 Å². The van der Waals surface area contributed by atoms with Gasteiger partial charge in [-0.3, -0.25) is 4.90 Å². The van der Waals surface area contributed by atoms with E-state index in [0.717, 1.165) is 16.9 Å². The molecule has 0 radical (unpaired) electrons. The quantitative estimate of drug-likeness (QED) is 0.871. The van der Waals surface area contributed by atoms with Gasteiger partial charge < -0.3 is 10.1 Å². The Morgan fingerprint density at radius 2 is 2.10 bits per heavy atom. The lowest BCUT2D eigenvalue weighted by atomic mass is 10.2. The van der Waals surface area contributed by atoms with Crippen molar-refractivity contribution in [2.24, 2.45) is 0 Å². The zero-order chi connectivity index (χ0) is 14.8. The topological polar surface area (TPSA) is 41.6 Å². The van der Waals surface area contributed by atoms with Crippen LogP contribution in [0.1, 0.15) is 5.56 Å². The van der Waals surface area contributed by atoms with Crippen LogP contribution in [0.2, 0.25) is 0 Å². The summed E-state index contributed by atoms with van der Waals surface area (Å²) in [4.78, 5) is 13.8. The molecule has 0 fully saturated rings. The largest absolute Gasteiger partial charge is 0.419 e. The van der Waals surface area contributed by atoms with E-state index in [0.29, 0.717) is 13.1 Å². The standard InChI is InChI=1S/C16H15FN2O2/c1-11-6-7-12(17)15(10-11)21-16(20)19-9-8-18-13-4-2-3-5-14(13)19/h2-7,10,18H,8-9H2,1H3. The summed E-state index contributed by atoms with van der Waals surface area (Å²) in [5.41, 5.74) is 2.44. The predicted octanol–water partition coefficient (Wildman–Crippen LogP) is 3.57. The molecule has 5 heteroatoms. The third kappa shape index (κ3) is 2.67. The lowest BCUT2D eigenvalue weighted by Crippen LogP contribution is -2.40. The van der Waals surface area contributed by atoms with Gasteiger partial charge in [0.1, 0.15) is 0 Å². The van der Waals surface area contributed by atoms with Crippen molar-refractivity contribution in [2.45, 2.75) is 6.92 Å². The van der Waals surface area contributed by atoms with E-state index in [1.165, 1.54) is 17.0 Å². The van der Waals surface area contributed by atoms with E-state index in [1.807, 2.05) is 31.2 Å². The fourth-order valence-corrected chi connectivity index (χ4v) is 2.31. The minimum absolute atomic E-state index is 0.0454. The molecule has 0 aliphatic carbocycles. The van der Waals surface area contributed by atoms with Crippen LogP contribution in [0.25, 0.3) is 0 Å². The molecule has 1 N–H and O–H groups in total. The molecule has 0 spiro atoms. The Hall–Kier alpha value is -2.56. The van der Waals surface area contributed by atoms with Crippen molar-refractivity contribution in [2.75, 3.05) is 23.3 Å². The first-order valence-corrected chi connectivity index (χ1v) is 6.73. The van der Waals surface area contributed by atoms with E-state index in [-0.39, 0.29) is 5.75 Å². The fourth-order valence-electron chi connectivity index (χ4n) is 2.31. The highest BCUT2D eigenvalue weighted by Gasteiger charge is 2.24. The maximum Gasteiger partial charge on any atom is 0.419 e. The molecule has 0 saturated carbocycles. The Kier molecular flexibility index (Phi) is 3.48. The molecule has 0 saturated heterocycles. The number of benzene rings is 2. The van der Waals surface area contributed by atoms with E-state index in [9.17, 15) is 9.18 Å². The molecule has 0 aromatic heterocycles. The summed E-state index contributed by atoms with van der Waals surface area (Å²) in [7, 11) is 0. The van der Waals surface area contributed by atoms with Crippen LogP contribution in [-0.4, -0.2) is 19.2 Å². The first-order valence-electron chi connectivity index (χ1n) is 6.73. The number of carbonyl (C=O) groups excluding carboxylic acids is 1. The molecular formula is C16H15FN2O2. The average molecular weight is 286 g/mol. The summed E-state index contributed by atoms with van der Waals surface area (Å²) in [6, 6.07) is 11.9. The Morgan fingerprint density at radius 3 is 2.95 bits per heavy atom. The maximum absolute atomic E-state index is 13.7. The van der Waals surface area contributed by atoms with Gasteiger partial charge in [-0.15, -0.1) is 0 Å². The minimum atomic E-state index is -0.576. The molecule has 1 amide bonds. The van der Waals surface area contributed by atoms with E-state index in [4.69, 9.17) is 4.74 Å². The number of nitrogens with zero attached hydrogens (tertiary/aromatic N) is 1. The zero-order valence-corrected chi connectivity index (χ0v) is 11.6. The molecule has 1 heterocycles. The Bertz CT molecular complexity index is 688. The Balaban J connectivity index is 1.85. The Morgan fingerprint density at radius 1 is 1.29 bits per heavy atom. The van der Waals surface area contributed by atoms with Gasteiger partial charge in [0, 0.05) is 13.1 Å². The molecule has 0 unspecified atom stereocenters. The third-order valence-electron chi connectivity index (χ3n) is 3.35. The highest BCUT2D eigenvalue weighted by Crippen LogP contribution is 2.29. The fraction of sp³-hybridized carbons (Fsp3) is 0.188. The number of aryl methyl sites for hydroxylation is 1. The zero-order valence-electron chi connectivity index (χ0n) is 11.6. The van der Waals surface area contributed by atoms with Crippen molar-refractivity contribution in [3.05, 3.63) is 53.8 Å². The molecule has 0 atom stereocenters. The molecule has 0 bridgehead atoms. The van der Waals surface area contributed by atoms with Crippen LogP contribution in [0.4, 0.5) is 20.6 Å². The lowest BCUT2D eigenvalue weighted by molar-refractivity contribution is 0.205. The number of rotatable bonds is 1. The number of para-hydroxylation sites is 2. The second-order valence-corrected chi connectivity index (χ2v) is 4.90. The number of hydrogen-bond acceptors (Lipinski definition) is 3. The SMILES string of the molecule is Cc1ccc(F)c(OC(=O)N2CCNc3ccccc32)c1. The summed E-state index contributed by atoms with van der Waals surface area (Å²) in [6.45, 7) is 2.92. The van der Waals surface area contributed by atoms with Gasteiger partial charge in [0.2, 0.25) is 0 Å². The van der Waals surface area contributed by atoms with Crippen LogP contribution in [0.15, 0.2) is 42.5 Å². The highest BCUT2D eigenvalue weighted by atomic mass is 19.1. The number of anilines is 2. The number of amides is 1. The van der Waals surface area contributed by atoms with E-state index in [2.05, 4.69) is 5.32 Å². The van der Waals surface area contributed by atoms with E-state index < -0.39 is 11.9 Å². The normalized spacial score (nSPS) is 13.3. The van der Waals surface area contributed by atoms with Crippen molar-refractivity contribution < 1.29 is 13.9 Å². The molecule has 1 aliphatic heterocycles. The molecule has 21 heavy (non-hydrogen) atoms. The highest BCUT2D eigenvalue weighted by molar-refractivity contribution is 5.94. The van der Waals surface area contributed by atoms with Crippen molar-refractivity contribution in [3.63, 3.8) is 0 Å². The third-order valence-corrected chi connectivity index (χ3v) is 3.35. The molecule has 4 nitrogen and oxygen atoms in total. The van der Waals surface area contributed by atoms with Crippen molar-refractivity contribution in [3.8, 4) is 5.75 Å². The molecule has 108 valence electrons. The minimum Gasteiger partial charge on any atom is -0.407 e. The van der Waals surface area contributed by atoms with Crippen LogP contribution < -0.4 is 15.0 Å². The van der Waals surface area contributed by atoms with Crippen molar-refractivity contribution in [1.29, 1.82) is 0 Å². The van der Waals surface area contributed by atoms with Crippen LogP contribution in [0, 0.1) is 12.7 Å². The summed E-state index contributed by atoms with van der Waals surface area (Å²) in [6.07, 6.45) is -0.576. The van der Waals surface area contributed by atoms with Crippen LogP contribution in [0.3, 0.4) is 0 Å². The van der Waals surface area contributed by atoms with E-state index in [1.54, 1.807) is 6.07 Å². The average Bonchev–Trinajstić information content (AvgIpc) is 2.50. The lowest BCUT2D eigenvalue weighted by Gasteiger charge is -2.29. The van der Waals surface area contributed by atoms with Gasteiger partial charge in [-0.1, -0.05) is 18.2 Å². The van der Waals surface area contributed by atoms with Crippen molar-refractivity contribution in [1.82, 2.24) is 0 Å². The summed E-state index contributed by atoms with van der Waals surface area (Å²) < 4.78 is 18.9. The second kappa shape index (κ2) is 5.44. The van der Waals surface area contributed by atoms with Gasteiger partial charge in [0.25, 0.3) is 0 Å².